The lowest BCUT2D eigenvalue weighted by molar-refractivity contribution is -0.136. The van der Waals surface area contributed by atoms with E-state index in [0.717, 1.165) is 5.69 Å². The molecule has 0 aliphatic heterocycles. The molecule has 6 nitrogen and oxygen atoms in total. The minimum Gasteiger partial charge on any atom is -0.497 e. The molecule has 1 aromatic heterocycles. The smallest absolute Gasteiger partial charge is 0.303 e. The van der Waals surface area contributed by atoms with Crippen LogP contribution in [0.3, 0.4) is 0 Å². The van der Waals surface area contributed by atoms with Gasteiger partial charge in [0, 0.05) is 18.6 Å². The summed E-state index contributed by atoms with van der Waals surface area (Å²) in [6.07, 6.45) is 0.394. The summed E-state index contributed by atoms with van der Waals surface area (Å²) in [5.74, 6) is 0.322. The maximum atomic E-state index is 10.5. The van der Waals surface area contributed by atoms with Gasteiger partial charge in [0.25, 0.3) is 0 Å². The predicted octanol–water partition coefficient (Wildman–Crippen LogP) is 1.48. The number of hydrogen-bond donors (Lipinski definition) is 2. The Morgan fingerprint density at radius 3 is 2.95 bits per heavy atom. The minimum absolute atomic E-state index is 0.0363. The third-order valence-electron chi connectivity index (χ3n) is 2.68. The first-order chi connectivity index (χ1) is 9.10. The van der Waals surface area contributed by atoms with Crippen molar-refractivity contribution in [1.82, 2.24) is 9.78 Å². The summed E-state index contributed by atoms with van der Waals surface area (Å²) in [5.41, 5.74) is 7.32. The van der Waals surface area contributed by atoms with Gasteiger partial charge < -0.3 is 15.6 Å². The van der Waals surface area contributed by atoms with Crippen LogP contribution in [0.1, 0.15) is 12.1 Å². The van der Waals surface area contributed by atoms with E-state index >= 15 is 0 Å². The number of carboxylic acid groups (broad SMARTS) is 1. The van der Waals surface area contributed by atoms with Crippen LogP contribution in [-0.4, -0.2) is 28.0 Å². The molecule has 0 aliphatic carbocycles. The van der Waals surface area contributed by atoms with Crippen molar-refractivity contribution < 1.29 is 14.6 Å². The van der Waals surface area contributed by atoms with Gasteiger partial charge in [-0.2, -0.15) is 5.10 Å². The Balaban J connectivity index is 2.26. The largest absolute Gasteiger partial charge is 0.497 e. The Hall–Kier alpha value is -2.50. The molecular formula is C13H15N3O3. The summed E-state index contributed by atoms with van der Waals surface area (Å²) >= 11 is 0. The van der Waals surface area contributed by atoms with Gasteiger partial charge in [-0.25, -0.2) is 4.68 Å². The second-order valence-electron chi connectivity index (χ2n) is 4.07. The number of nitrogens with two attached hydrogens (primary N) is 1. The molecule has 6 heteroatoms. The number of aliphatic carboxylic acids is 1. The fourth-order valence-corrected chi connectivity index (χ4v) is 1.75. The summed E-state index contributed by atoms with van der Waals surface area (Å²) in [6, 6.07) is 9.01. The Labute approximate surface area is 110 Å². The van der Waals surface area contributed by atoms with Crippen molar-refractivity contribution in [3.8, 4) is 11.4 Å². The summed E-state index contributed by atoms with van der Waals surface area (Å²) in [5, 5.41) is 13.0. The molecule has 2 aromatic rings. The van der Waals surface area contributed by atoms with Gasteiger partial charge in [0.1, 0.15) is 11.6 Å². The van der Waals surface area contributed by atoms with Crippen LogP contribution in [0, 0.1) is 0 Å². The average molecular weight is 261 g/mol. The van der Waals surface area contributed by atoms with Gasteiger partial charge in [-0.3, -0.25) is 4.79 Å². The van der Waals surface area contributed by atoms with E-state index in [-0.39, 0.29) is 6.42 Å². The molecule has 0 atom stereocenters. The highest BCUT2D eigenvalue weighted by atomic mass is 16.5. The van der Waals surface area contributed by atoms with Crippen molar-refractivity contribution in [2.45, 2.75) is 12.8 Å². The van der Waals surface area contributed by atoms with E-state index in [1.165, 1.54) is 0 Å². The Morgan fingerprint density at radius 2 is 2.26 bits per heavy atom. The molecule has 0 fully saturated rings. The molecule has 2 rings (SSSR count). The molecule has 0 unspecified atom stereocenters. The van der Waals surface area contributed by atoms with E-state index in [1.54, 1.807) is 17.9 Å². The molecule has 0 bridgehead atoms. The van der Waals surface area contributed by atoms with Crippen LogP contribution in [-0.2, 0) is 11.2 Å². The quantitative estimate of drug-likeness (QED) is 0.850. The number of nitrogens with zero attached hydrogens (tertiary/aromatic N) is 2. The van der Waals surface area contributed by atoms with Crippen LogP contribution in [0.5, 0.6) is 5.75 Å². The number of carbonyl (C=O) groups is 1. The fraction of sp³-hybridized carbons (Fsp3) is 0.231. The molecule has 19 heavy (non-hydrogen) atoms. The summed E-state index contributed by atoms with van der Waals surface area (Å²) in [6.45, 7) is 0. The first-order valence-corrected chi connectivity index (χ1v) is 5.81. The molecule has 0 radical (unpaired) electrons. The average Bonchev–Trinajstić information content (AvgIpc) is 2.78. The van der Waals surface area contributed by atoms with Gasteiger partial charge in [-0.1, -0.05) is 6.07 Å². The SMILES string of the molecule is COc1cccc(-n2nc(CCC(=O)O)cc2N)c1. The Morgan fingerprint density at radius 1 is 1.47 bits per heavy atom. The van der Waals surface area contributed by atoms with E-state index in [2.05, 4.69) is 5.10 Å². The van der Waals surface area contributed by atoms with E-state index in [9.17, 15) is 4.79 Å². The maximum absolute atomic E-state index is 10.5. The second kappa shape index (κ2) is 5.43. The third kappa shape index (κ3) is 3.04. The molecule has 1 heterocycles. The zero-order valence-electron chi connectivity index (χ0n) is 10.5. The minimum atomic E-state index is -0.852. The van der Waals surface area contributed by atoms with E-state index in [1.807, 2.05) is 24.3 Å². The molecular weight excluding hydrogens is 246 g/mol. The molecule has 0 aliphatic rings. The molecule has 0 spiro atoms. The number of rotatable bonds is 5. The standard InChI is InChI=1S/C13H15N3O3/c1-19-11-4-2-3-10(8-11)16-12(14)7-9(15-16)5-6-13(17)18/h2-4,7-8H,5-6,14H2,1H3,(H,17,18). The first kappa shape index (κ1) is 12.9. The van der Waals surface area contributed by atoms with Crippen LogP contribution in [0.15, 0.2) is 30.3 Å². The van der Waals surface area contributed by atoms with E-state index in [4.69, 9.17) is 15.6 Å². The lowest BCUT2D eigenvalue weighted by Gasteiger charge is -2.05. The van der Waals surface area contributed by atoms with Crippen molar-refractivity contribution >= 4 is 11.8 Å². The van der Waals surface area contributed by atoms with Gasteiger partial charge in [-0.05, 0) is 12.1 Å². The third-order valence-corrected chi connectivity index (χ3v) is 2.68. The normalized spacial score (nSPS) is 10.4. The summed E-state index contributed by atoms with van der Waals surface area (Å²) < 4.78 is 6.71. The number of methoxy groups -OCH3 is 1. The predicted molar refractivity (Wildman–Crippen MR) is 70.5 cm³/mol. The topological polar surface area (TPSA) is 90.4 Å². The molecule has 100 valence electrons. The number of anilines is 1. The van der Waals surface area contributed by atoms with Crippen molar-refractivity contribution in [2.75, 3.05) is 12.8 Å². The first-order valence-electron chi connectivity index (χ1n) is 5.81. The fourth-order valence-electron chi connectivity index (χ4n) is 1.75. The number of carboxylic acids is 1. The summed E-state index contributed by atoms with van der Waals surface area (Å²) in [4.78, 5) is 10.5. The molecule has 0 amide bonds. The van der Waals surface area contributed by atoms with Crippen LogP contribution in [0.2, 0.25) is 0 Å². The zero-order chi connectivity index (χ0) is 13.8. The monoisotopic (exact) mass is 261 g/mol. The highest BCUT2D eigenvalue weighted by molar-refractivity contribution is 5.67. The van der Waals surface area contributed by atoms with Crippen LogP contribution in [0.4, 0.5) is 5.82 Å². The lowest BCUT2D eigenvalue weighted by Crippen LogP contribution is -2.03. The highest BCUT2D eigenvalue weighted by Gasteiger charge is 2.09. The van der Waals surface area contributed by atoms with Crippen LogP contribution < -0.4 is 10.5 Å². The molecule has 1 aromatic carbocycles. The van der Waals surface area contributed by atoms with E-state index in [0.29, 0.717) is 23.7 Å². The molecule has 0 saturated carbocycles. The van der Waals surface area contributed by atoms with Crippen molar-refractivity contribution in [3.63, 3.8) is 0 Å². The van der Waals surface area contributed by atoms with Gasteiger partial charge in [-0.15, -0.1) is 0 Å². The van der Waals surface area contributed by atoms with E-state index < -0.39 is 5.97 Å². The lowest BCUT2D eigenvalue weighted by atomic mass is 10.2. The zero-order valence-corrected chi connectivity index (χ0v) is 10.5. The van der Waals surface area contributed by atoms with Gasteiger partial charge in [0.15, 0.2) is 0 Å². The maximum Gasteiger partial charge on any atom is 0.303 e. The second-order valence-corrected chi connectivity index (χ2v) is 4.07. The number of nitrogen functional groups attached to an aromatic ring is 1. The molecule has 0 saturated heterocycles. The number of hydrogen-bond acceptors (Lipinski definition) is 4. The van der Waals surface area contributed by atoms with Crippen LogP contribution >= 0.6 is 0 Å². The Bertz CT molecular complexity index is 593. The number of aryl methyl sites for hydroxylation is 1. The van der Waals surface area contributed by atoms with Gasteiger partial charge in [0.2, 0.25) is 0 Å². The number of benzene rings is 1. The molecule has 3 N–H and O–H groups in total. The van der Waals surface area contributed by atoms with Crippen molar-refractivity contribution in [1.29, 1.82) is 0 Å². The van der Waals surface area contributed by atoms with Crippen molar-refractivity contribution in [2.24, 2.45) is 0 Å². The van der Waals surface area contributed by atoms with Crippen molar-refractivity contribution in [3.05, 3.63) is 36.0 Å². The number of aromatic nitrogens is 2. The highest BCUT2D eigenvalue weighted by Crippen LogP contribution is 2.19. The Kier molecular flexibility index (Phi) is 3.70. The summed E-state index contributed by atoms with van der Waals surface area (Å²) in [7, 11) is 1.59. The van der Waals surface area contributed by atoms with Gasteiger partial charge in [0.05, 0.1) is 24.9 Å². The van der Waals surface area contributed by atoms with Crippen LogP contribution in [0.25, 0.3) is 5.69 Å². The number of ether oxygens (including phenoxy) is 1. The van der Waals surface area contributed by atoms with Gasteiger partial charge >= 0.3 is 5.97 Å².